The van der Waals surface area contributed by atoms with Crippen molar-refractivity contribution in [3.05, 3.63) is 29.1 Å². The number of carbonyl (C=O) groups excluding carboxylic acids is 1. The van der Waals surface area contributed by atoms with E-state index in [4.69, 9.17) is 9.26 Å². The number of hydrogen-bond acceptors (Lipinski definition) is 4. The molecule has 0 aliphatic heterocycles. The van der Waals surface area contributed by atoms with Crippen molar-refractivity contribution >= 4 is 35.6 Å². The molecule has 1 aromatic carbocycles. The van der Waals surface area contributed by atoms with Gasteiger partial charge in [0.2, 0.25) is 8.32 Å². The Morgan fingerprint density at radius 3 is 2.43 bits per heavy atom. The molecule has 0 aliphatic rings. The molecule has 0 unspecified atom stereocenters. The summed E-state index contributed by atoms with van der Waals surface area (Å²) in [5, 5.41) is 2.41. The maximum Gasteiger partial charge on any atom is 0.287 e. The summed E-state index contributed by atoms with van der Waals surface area (Å²) in [6.07, 6.45) is 0. The molecular weight excluding hydrogens is 326 g/mol. The van der Waals surface area contributed by atoms with Crippen molar-refractivity contribution in [3.63, 3.8) is 0 Å². The second kappa shape index (κ2) is 6.26. The summed E-state index contributed by atoms with van der Waals surface area (Å²) in [5.74, 6) is 0.738. The van der Waals surface area contributed by atoms with E-state index < -0.39 is 8.32 Å². The highest BCUT2D eigenvalue weighted by Crippen LogP contribution is 2.38. The maximum atomic E-state index is 12.2. The second-order valence-electron chi connectivity index (χ2n) is 7.16. The number of carbonyl (C=O) groups is 1. The van der Waals surface area contributed by atoms with Crippen molar-refractivity contribution < 1.29 is 14.1 Å². The quantitative estimate of drug-likeness (QED) is 0.580. The van der Waals surface area contributed by atoms with Gasteiger partial charge in [0.15, 0.2) is 0 Å². The molecule has 6 heteroatoms. The Morgan fingerprint density at radius 1 is 1.22 bits per heavy atom. The predicted molar refractivity (Wildman–Crippen MR) is 98.8 cm³/mol. The van der Waals surface area contributed by atoms with Crippen LogP contribution in [0.15, 0.2) is 24.3 Å². The fourth-order valence-corrected chi connectivity index (χ4v) is 3.91. The van der Waals surface area contributed by atoms with Gasteiger partial charge in [0.25, 0.3) is 5.91 Å². The van der Waals surface area contributed by atoms with Gasteiger partial charge < -0.3 is 4.43 Å². The Labute approximate surface area is 143 Å². The zero-order valence-electron chi connectivity index (χ0n) is 14.9. The molecule has 2 rings (SSSR count). The van der Waals surface area contributed by atoms with Gasteiger partial charge in [-0.3, -0.25) is 9.63 Å². The number of hydrogen-bond donors (Lipinski definition) is 0. The van der Waals surface area contributed by atoms with E-state index in [9.17, 15) is 4.79 Å². The molecule has 2 aromatic rings. The first kappa shape index (κ1) is 18.0. The number of amides is 1. The molecule has 0 aliphatic carbocycles. The molecule has 0 bridgehead atoms. The van der Waals surface area contributed by atoms with Gasteiger partial charge in [0.1, 0.15) is 5.75 Å². The molecule has 1 heterocycles. The minimum Gasteiger partial charge on any atom is -0.543 e. The minimum absolute atomic E-state index is 0.138. The number of fused-ring (bicyclic) bond motifs is 1. The summed E-state index contributed by atoms with van der Waals surface area (Å²) in [5.41, 5.74) is 0. The molecule has 0 N–H and O–H groups in total. The third-order valence-electron chi connectivity index (χ3n) is 4.44. The largest absolute Gasteiger partial charge is 0.543 e. The first-order valence-corrected chi connectivity index (χ1v) is 11.3. The molecule has 4 nitrogen and oxygen atoms in total. The van der Waals surface area contributed by atoms with E-state index in [1.165, 1.54) is 23.5 Å². The summed E-state index contributed by atoms with van der Waals surface area (Å²) >= 11 is 1.47. The third kappa shape index (κ3) is 3.76. The molecule has 0 atom stereocenters. The standard InChI is InChI=1S/C17H25NO3SSi/c1-17(2,3)23(6,7)21-13-8-9-14-12(10-13)11-15(22-14)16(19)18(4)20-5/h8-11H,1-7H3. The fourth-order valence-electron chi connectivity index (χ4n) is 1.88. The minimum atomic E-state index is -1.86. The second-order valence-corrected chi connectivity index (χ2v) is 13.0. The molecular formula is C17H25NO3SSi. The zero-order chi connectivity index (χ0) is 17.4. The van der Waals surface area contributed by atoms with Gasteiger partial charge in [-0.05, 0) is 47.8 Å². The SMILES string of the molecule is CON(C)C(=O)c1cc2cc(O[Si](C)(C)C(C)(C)C)ccc2s1. The molecule has 23 heavy (non-hydrogen) atoms. The van der Waals surface area contributed by atoms with E-state index in [0.717, 1.165) is 15.8 Å². The van der Waals surface area contributed by atoms with Gasteiger partial charge in [-0.25, -0.2) is 5.06 Å². The monoisotopic (exact) mass is 351 g/mol. The van der Waals surface area contributed by atoms with Gasteiger partial charge in [-0.1, -0.05) is 20.8 Å². The molecule has 0 saturated carbocycles. The van der Waals surface area contributed by atoms with Crippen LogP contribution in [0.3, 0.4) is 0 Å². The summed E-state index contributed by atoms with van der Waals surface area (Å²) in [6.45, 7) is 11.1. The average Bonchev–Trinajstić information content (AvgIpc) is 2.87. The van der Waals surface area contributed by atoms with E-state index in [1.54, 1.807) is 7.05 Å². The van der Waals surface area contributed by atoms with Gasteiger partial charge >= 0.3 is 0 Å². The Morgan fingerprint density at radius 2 is 1.87 bits per heavy atom. The predicted octanol–water partition coefficient (Wildman–Crippen LogP) is 4.92. The fraction of sp³-hybridized carbons (Fsp3) is 0.471. The highest BCUT2D eigenvalue weighted by molar-refractivity contribution is 7.20. The van der Waals surface area contributed by atoms with Crippen molar-refractivity contribution in [1.29, 1.82) is 0 Å². The van der Waals surface area contributed by atoms with Crippen LogP contribution in [-0.2, 0) is 4.84 Å². The molecule has 1 amide bonds. The Balaban J connectivity index is 2.31. The van der Waals surface area contributed by atoms with E-state index >= 15 is 0 Å². The smallest absolute Gasteiger partial charge is 0.287 e. The molecule has 126 valence electrons. The summed E-state index contributed by atoms with van der Waals surface area (Å²) in [6, 6.07) is 7.94. The van der Waals surface area contributed by atoms with Crippen LogP contribution in [0.5, 0.6) is 5.75 Å². The number of benzene rings is 1. The van der Waals surface area contributed by atoms with Gasteiger partial charge in [-0.15, -0.1) is 11.3 Å². The van der Waals surface area contributed by atoms with Crippen molar-refractivity contribution in [2.24, 2.45) is 0 Å². The third-order valence-corrected chi connectivity index (χ3v) is 9.90. The van der Waals surface area contributed by atoms with Crippen LogP contribution >= 0.6 is 11.3 Å². The Hall–Kier alpha value is -1.37. The maximum absolute atomic E-state index is 12.2. The lowest BCUT2D eigenvalue weighted by Gasteiger charge is -2.36. The Bertz CT molecular complexity index is 718. The average molecular weight is 352 g/mol. The molecule has 0 spiro atoms. The highest BCUT2D eigenvalue weighted by Gasteiger charge is 2.39. The highest BCUT2D eigenvalue weighted by atomic mass is 32.1. The van der Waals surface area contributed by atoms with Crippen molar-refractivity contribution in [2.45, 2.75) is 38.9 Å². The van der Waals surface area contributed by atoms with Crippen molar-refractivity contribution in [2.75, 3.05) is 14.2 Å². The first-order valence-electron chi connectivity index (χ1n) is 7.60. The topological polar surface area (TPSA) is 38.8 Å². The zero-order valence-corrected chi connectivity index (χ0v) is 16.7. The van der Waals surface area contributed by atoms with Crippen LogP contribution in [0, 0.1) is 0 Å². The lowest BCUT2D eigenvalue weighted by Crippen LogP contribution is -2.43. The van der Waals surface area contributed by atoms with E-state index in [2.05, 4.69) is 33.9 Å². The van der Waals surface area contributed by atoms with Crippen LogP contribution in [0.4, 0.5) is 0 Å². The summed E-state index contributed by atoms with van der Waals surface area (Å²) < 4.78 is 7.41. The lowest BCUT2D eigenvalue weighted by molar-refractivity contribution is -0.0753. The van der Waals surface area contributed by atoms with Crippen molar-refractivity contribution in [1.82, 2.24) is 5.06 Å². The van der Waals surface area contributed by atoms with Gasteiger partial charge in [0.05, 0.1) is 12.0 Å². The number of rotatable bonds is 4. The van der Waals surface area contributed by atoms with Crippen molar-refractivity contribution in [3.8, 4) is 5.75 Å². The van der Waals surface area contributed by atoms with Crippen LogP contribution in [-0.4, -0.2) is 33.4 Å². The Kier molecular flexibility index (Phi) is 4.89. The van der Waals surface area contributed by atoms with Gasteiger partial charge in [0, 0.05) is 11.7 Å². The summed E-state index contributed by atoms with van der Waals surface area (Å²) in [7, 11) is 1.23. The molecule has 1 aromatic heterocycles. The van der Waals surface area contributed by atoms with Crippen LogP contribution in [0.25, 0.3) is 10.1 Å². The summed E-state index contributed by atoms with van der Waals surface area (Å²) in [4.78, 5) is 17.8. The molecule has 0 radical (unpaired) electrons. The number of thiophene rings is 1. The molecule has 0 saturated heterocycles. The number of nitrogens with zero attached hydrogens (tertiary/aromatic N) is 1. The van der Waals surface area contributed by atoms with Gasteiger partial charge in [-0.2, -0.15) is 0 Å². The normalized spacial score (nSPS) is 12.5. The number of hydroxylamine groups is 2. The van der Waals surface area contributed by atoms with E-state index in [1.807, 2.05) is 24.3 Å². The van der Waals surface area contributed by atoms with Crippen LogP contribution < -0.4 is 4.43 Å². The van der Waals surface area contributed by atoms with Crippen LogP contribution in [0.1, 0.15) is 30.4 Å². The lowest BCUT2D eigenvalue weighted by atomic mass is 10.2. The van der Waals surface area contributed by atoms with E-state index in [0.29, 0.717) is 4.88 Å². The van der Waals surface area contributed by atoms with Crippen LogP contribution in [0.2, 0.25) is 18.1 Å². The van der Waals surface area contributed by atoms with E-state index in [-0.39, 0.29) is 10.9 Å². The molecule has 0 fully saturated rings. The first-order chi connectivity index (χ1) is 10.5.